The van der Waals surface area contributed by atoms with Gasteiger partial charge in [-0.25, -0.2) is 9.37 Å². The summed E-state index contributed by atoms with van der Waals surface area (Å²) in [5.41, 5.74) is -0.127. The molecule has 0 atom stereocenters. The van der Waals surface area contributed by atoms with Gasteiger partial charge in [-0.1, -0.05) is 0 Å². The third-order valence-corrected chi connectivity index (χ3v) is 2.27. The van der Waals surface area contributed by atoms with Crippen molar-refractivity contribution in [1.82, 2.24) is 10.3 Å². The normalized spacial score (nSPS) is 10.3. The van der Waals surface area contributed by atoms with Gasteiger partial charge < -0.3 is 14.8 Å². The van der Waals surface area contributed by atoms with E-state index < -0.39 is 11.7 Å². The van der Waals surface area contributed by atoms with E-state index in [1.54, 1.807) is 6.92 Å². The fourth-order valence-corrected chi connectivity index (χ4v) is 1.42. The Morgan fingerprint density at radius 3 is 3.00 bits per heavy atom. The van der Waals surface area contributed by atoms with Gasteiger partial charge >= 0.3 is 0 Å². The van der Waals surface area contributed by atoms with Gasteiger partial charge in [0, 0.05) is 0 Å². The third kappa shape index (κ3) is 2.65. The summed E-state index contributed by atoms with van der Waals surface area (Å²) in [7, 11) is 0. The van der Waals surface area contributed by atoms with Crippen molar-refractivity contribution in [2.45, 2.75) is 13.5 Å². The maximum absolute atomic E-state index is 13.0. The number of nitrogens with one attached hydrogen (secondary N) is 1. The Balaban J connectivity index is 2.05. The molecule has 2 aromatic rings. The Labute approximate surface area is 102 Å². The predicted molar refractivity (Wildman–Crippen MR) is 60.5 cm³/mol. The van der Waals surface area contributed by atoms with Crippen LogP contribution in [0.4, 0.5) is 4.39 Å². The molecule has 1 heterocycles. The summed E-state index contributed by atoms with van der Waals surface area (Å²) < 4.78 is 18.1. The van der Waals surface area contributed by atoms with Crippen LogP contribution >= 0.6 is 0 Å². The highest BCUT2D eigenvalue weighted by atomic mass is 19.1. The van der Waals surface area contributed by atoms with E-state index in [0.717, 1.165) is 18.2 Å². The minimum Gasteiger partial charge on any atom is -0.507 e. The monoisotopic (exact) mass is 250 g/mol. The third-order valence-electron chi connectivity index (χ3n) is 2.27. The highest BCUT2D eigenvalue weighted by Gasteiger charge is 2.12. The van der Waals surface area contributed by atoms with E-state index >= 15 is 0 Å². The molecule has 94 valence electrons. The summed E-state index contributed by atoms with van der Waals surface area (Å²) in [6, 6.07) is 3.16. The topological polar surface area (TPSA) is 75.4 Å². The molecule has 5 nitrogen and oxygen atoms in total. The van der Waals surface area contributed by atoms with Crippen LogP contribution in [0.1, 0.15) is 22.0 Å². The van der Waals surface area contributed by atoms with Crippen LogP contribution < -0.4 is 5.32 Å². The van der Waals surface area contributed by atoms with E-state index in [9.17, 15) is 14.3 Å². The molecule has 0 aliphatic heterocycles. The van der Waals surface area contributed by atoms with Gasteiger partial charge in [-0.2, -0.15) is 0 Å². The van der Waals surface area contributed by atoms with E-state index in [1.165, 1.54) is 6.20 Å². The molecule has 1 aromatic heterocycles. The lowest BCUT2D eigenvalue weighted by Crippen LogP contribution is -2.23. The maximum atomic E-state index is 13.0. The van der Waals surface area contributed by atoms with Crippen LogP contribution in [-0.2, 0) is 6.54 Å². The van der Waals surface area contributed by atoms with Gasteiger partial charge in [0.05, 0.1) is 18.3 Å². The Hall–Kier alpha value is -2.37. The van der Waals surface area contributed by atoms with Crippen molar-refractivity contribution in [3.8, 4) is 5.75 Å². The molecule has 0 saturated carbocycles. The van der Waals surface area contributed by atoms with Crippen molar-refractivity contribution in [2.24, 2.45) is 0 Å². The standard InChI is InChI=1S/C12H11FN2O3/c1-7-5-14-11(18-7)6-15-12(17)9-4-8(13)2-3-10(9)16/h2-5,16H,6H2,1H3,(H,15,17). The summed E-state index contributed by atoms with van der Waals surface area (Å²) in [5.74, 6) is -0.491. The number of oxazole rings is 1. The Bertz CT molecular complexity index is 580. The first-order valence-corrected chi connectivity index (χ1v) is 5.24. The zero-order chi connectivity index (χ0) is 13.1. The summed E-state index contributed by atoms with van der Waals surface area (Å²) in [4.78, 5) is 15.6. The number of hydrogen-bond acceptors (Lipinski definition) is 4. The summed E-state index contributed by atoms with van der Waals surface area (Å²) in [6.07, 6.45) is 1.53. The first kappa shape index (κ1) is 12.1. The number of benzene rings is 1. The quantitative estimate of drug-likeness (QED) is 0.870. The van der Waals surface area contributed by atoms with Crippen LogP contribution in [0.25, 0.3) is 0 Å². The molecule has 0 bridgehead atoms. The second-order valence-electron chi connectivity index (χ2n) is 3.71. The van der Waals surface area contributed by atoms with Crippen LogP contribution in [0.15, 0.2) is 28.8 Å². The second-order valence-corrected chi connectivity index (χ2v) is 3.71. The smallest absolute Gasteiger partial charge is 0.255 e. The van der Waals surface area contributed by atoms with Crippen LogP contribution in [0.3, 0.4) is 0 Å². The van der Waals surface area contributed by atoms with Gasteiger partial charge in [0.15, 0.2) is 0 Å². The first-order valence-electron chi connectivity index (χ1n) is 5.24. The fraction of sp³-hybridized carbons (Fsp3) is 0.167. The average Bonchev–Trinajstić information content (AvgIpc) is 2.75. The Kier molecular flexibility index (Phi) is 3.27. The lowest BCUT2D eigenvalue weighted by atomic mass is 10.2. The molecule has 0 unspecified atom stereocenters. The van der Waals surface area contributed by atoms with Crippen LogP contribution in [0.2, 0.25) is 0 Å². The Morgan fingerprint density at radius 1 is 1.56 bits per heavy atom. The summed E-state index contributed by atoms with van der Waals surface area (Å²) in [6.45, 7) is 1.80. The van der Waals surface area contributed by atoms with Crippen molar-refractivity contribution < 1.29 is 18.7 Å². The molecular weight excluding hydrogens is 239 g/mol. The summed E-state index contributed by atoms with van der Waals surface area (Å²) in [5, 5.41) is 11.9. The van der Waals surface area contributed by atoms with Gasteiger partial charge in [-0.3, -0.25) is 4.79 Å². The predicted octanol–water partition coefficient (Wildman–Crippen LogP) is 1.76. The number of halogens is 1. The number of aromatic nitrogens is 1. The zero-order valence-electron chi connectivity index (χ0n) is 9.61. The number of phenolic OH excluding ortho intramolecular Hbond substituents is 1. The van der Waals surface area contributed by atoms with E-state index in [2.05, 4.69) is 10.3 Å². The molecule has 0 aliphatic carbocycles. The average molecular weight is 250 g/mol. The Morgan fingerprint density at radius 2 is 2.33 bits per heavy atom. The molecule has 6 heteroatoms. The van der Waals surface area contributed by atoms with Gasteiger partial charge in [-0.05, 0) is 25.1 Å². The molecular formula is C12H11FN2O3. The van der Waals surface area contributed by atoms with Crippen LogP contribution in [0, 0.1) is 12.7 Å². The SMILES string of the molecule is Cc1cnc(CNC(=O)c2cc(F)ccc2O)o1. The van der Waals surface area contributed by atoms with Gasteiger partial charge in [0.25, 0.3) is 5.91 Å². The van der Waals surface area contributed by atoms with E-state index in [4.69, 9.17) is 4.42 Å². The molecule has 0 saturated heterocycles. The number of nitrogens with zero attached hydrogens (tertiary/aromatic N) is 1. The molecule has 1 aromatic carbocycles. The second kappa shape index (κ2) is 4.87. The van der Waals surface area contributed by atoms with Crippen molar-refractivity contribution >= 4 is 5.91 Å². The first-order chi connectivity index (χ1) is 8.56. The number of amides is 1. The molecule has 0 fully saturated rings. The molecule has 18 heavy (non-hydrogen) atoms. The van der Waals surface area contributed by atoms with E-state index in [0.29, 0.717) is 11.7 Å². The molecule has 2 rings (SSSR count). The van der Waals surface area contributed by atoms with Crippen molar-refractivity contribution in [2.75, 3.05) is 0 Å². The van der Waals surface area contributed by atoms with Crippen molar-refractivity contribution in [3.05, 3.63) is 47.4 Å². The molecule has 1 amide bonds. The highest BCUT2D eigenvalue weighted by molar-refractivity contribution is 5.96. The van der Waals surface area contributed by atoms with Gasteiger partial charge in [0.2, 0.25) is 5.89 Å². The number of rotatable bonds is 3. The fourth-order valence-electron chi connectivity index (χ4n) is 1.42. The lowest BCUT2D eigenvalue weighted by Gasteiger charge is -2.05. The molecule has 0 aliphatic rings. The largest absolute Gasteiger partial charge is 0.507 e. The number of aromatic hydroxyl groups is 1. The minimum absolute atomic E-state index is 0.0721. The molecule has 2 N–H and O–H groups in total. The van der Waals surface area contributed by atoms with E-state index in [1.807, 2.05) is 0 Å². The summed E-state index contributed by atoms with van der Waals surface area (Å²) >= 11 is 0. The van der Waals surface area contributed by atoms with Gasteiger partial charge in [0.1, 0.15) is 17.3 Å². The van der Waals surface area contributed by atoms with E-state index in [-0.39, 0.29) is 17.9 Å². The number of aryl methyl sites for hydroxylation is 1. The molecule has 0 spiro atoms. The highest BCUT2D eigenvalue weighted by Crippen LogP contribution is 2.17. The lowest BCUT2D eigenvalue weighted by molar-refractivity contribution is 0.0944. The number of hydrogen-bond donors (Lipinski definition) is 2. The van der Waals surface area contributed by atoms with Gasteiger partial charge in [-0.15, -0.1) is 0 Å². The number of phenols is 1. The molecule has 0 radical (unpaired) electrons. The van der Waals surface area contributed by atoms with Crippen molar-refractivity contribution in [3.63, 3.8) is 0 Å². The van der Waals surface area contributed by atoms with Crippen molar-refractivity contribution in [1.29, 1.82) is 0 Å². The number of carbonyl (C=O) groups is 1. The minimum atomic E-state index is -0.595. The number of carbonyl (C=O) groups excluding carboxylic acids is 1. The van der Waals surface area contributed by atoms with Crippen LogP contribution in [0.5, 0.6) is 5.75 Å². The zero-order valence-corrected chi connectivity index (χ0v) is 9.61. The van der Waals surface area contributed by atoms with Crippen LogP contribution in [-0.4, -0.2) is 16.0 Å². The maximum Gasteiger partial charge on any atom is 0.255 e.